The van der Waals surface area contributed by atoms with E-state index < -0.39 is 18.4 Å². The van der Waals surface area contributed by atoms with Crippen molar-refractivity contribution in [3.8, 4) is 5.75 Å². The highest BCUT2D eigenvalue weighted by Gasteiger charge is 2.51. The van der Waals surface area contributed by atoms with Crippen LogP contribution in [0, 0.1) is 5.41 Å². The number of nitrogens with zero attached hydrogens (tertiary/aromatic N) is 3. The van der Waals surface area contributed by atoms with E-state index in [-0.39, 0.29) is 36.1 Å². The topological polar surface area (TPSA) is 82.6 Å². The molecule has 2 saturated heterocycles. The third kappa shape index (κ3) is 6.42. The molecule has 1 aromatic rings. The molecule has 2 aliphatic heterocycles. The van der Waals surface area contributed by atoms with Crippen LogP contribution in [0.2, 0.25) is 0 Å². The Morgan fingerprint density at radius 3 is 2.64 bits per heavy atom. The van der Waals surface area contributed by atoms with E-state index in [1.165, 1.54) is 30.2 Å². The Morgan fingerprint density at radius 1 is 1.19 bits per heavy atom. The second-order valence-corrected chi connectivity index (χ2v) is 9.98. The summed E-state index contributed by atoms with van der Waals surface area (Å²) in [7, 11) is 1.30. The first-order valence-electron chi connectivity index (χ1n) is 12.5. The van der Waals surface area contributed by atoms with Crippen molar-refractivity contribution in [2.75, 3.05) is 51.3 Å². The van der Waals surface area contributed by atoms with Crippen molar-refractivity contribution in [2.24, 2.45) is 5.41 Å². The fourth-order valence-electron chi connectivity index (χ4n) is 5.37. The maximum Gasteiger partial charge on any atom is 0.573 e. The monoisotopic (exact) mass is 513 g/mol. The molecular formula is C25H34F3N3O5. The van der Waals surface area contributed by atoms with Crippen molar-refractivity contribution in [3.63, 3.8) is 0 Å². The number of aliphatic hydroxyl groups excluding tert-OH is 1. The summed E-state index contributed by atoms with van der Waals surface area (Å²) in [5.74, 6) is -0.997. The lowest BCUT2D eigenvalue weighted by molar-refractivity contribution is -0.274. The summed E-state index contributed by atoms with van der Waals surface area (Å²) in [6.45, 7) is 3.20. The van der Waals surface area contributed by atoms with Crippen LogP contribution in [0.5, 0.6) is 5.75 Å². The standard InChI is InChI=1S/C25H34F3N3O5/c1-35-23(34)20(6-3-11-29-13-10-24(8-9-24)21(32)17-29)31-15-14-30(12-7-22(31)33)18-4-2-5-19(16-18)36-25(26,27)28/h2,4-5,16,20-21,32H,3,6-15,17H2,1H3. The van der Waals surface area contributed by atoms with E-state index in [1.54, 1.807) is 6.07 Å². The molecule has 1 N–H and O–H groups in total. The highest BCUT2D eigenvalue weighted by Crippen LogP contribution is 2.53. The second-order valence-electron chi connectivity index (χ2n) is 9.98. The van der Waals surface area contributed by atoms with Gasteiger partial charge < -0.3 is 29.3 Å². The van der Waals surface area contributed by atoms with E-state index in [9.17, 15) is 27.9 Å². The summed E-state index contributed by atoms with van der Waals surface area (Å²) in [6.07, 6.45) is -0.679. The number of likely N-dealkylation sites (tertiary alicyclic amines) is 1. The first kappa shape index (κ1) is 26.5. The molecule has 0 radical (unpaired) electrons. The molecule has 200 valence electrons. The number of carbonyl (C=O) groups is 2. The lowest BCUT2D eigenvalue weighted by atomic mass is 9.90. The van der Waals surface area contributed by atoms with Crippen LogP contribution >= 0.6 is 0 Å². The molecule has 1 aliphatic carbocycles. The van der Waals surface area contributed by atoms with Gasteiger partial charge >= 0.3 is 12.3 Å². The molecule has 0 aromatic heterocycles. The number of aliphatic hydroxyl groups is 1. The van der Waals surface area contributed by atoms with Gasteiger partial charge in [0.2, 0.25) is 5.91 Å². The predicted octanol–water partition coefficient (Wildman–Crippen LogP) is 2.79. The fraction of sp³-hybridized carbons (Fsp3) is 0.680. The van der Waals surface area contributed by atoms with E-state index in [1.807, 2.05) is 4.90 Å². The van der Waals surface area contributed by atoms with Gasteiger partial charge in [-0.25, -0.2) is 4.79 Å². The van der Waals surface area contributed by atoms with Crippen molar-refractivity contribution in [3.05, 3.63) is 24.3 Å². The Labute approximate surface area is 208 Å². The molecule has 1 saturated carbocycles. The fourth-order valence-corrected chi connectivity index (χ4v) is 5.37. The molecule has 1 spiro atoms. The molecule has 1 amide bonds. The summed E-state index contributed by atoms with van der Waals surface area (Å²) in [4.78, 5) is 31.2. The number of alkyl halides is 3. The summed E-state index contributed by atoms with van der Waals surface area (Å²) < 4.78 is 46.9. The Kier molecular flexibility index (Phi) is 7.99. The number of carbonyl (C=O) groups excluding carboxylic acids is 2. The number of halogens is 3. The maximum absolute atomic E-state index is 13.0. The summed E-state index contributed by atoms with van der Waals surface area (Å²) >= 11 is 0. The number of hydrogen-bond donors (Lipinski definition) is 1. The minimum absolute atomic E-state index is 0.123. The highest BCUT2D eigenvalue weighted by molar-refractivity contribution is 5.85. The van der Waals surface area contributed by atoms with E-state index in [2.05, 4.69) is 9.64 Å². The number of esters is 1. The van der Waals surface area contributed by atoms with Crippen LogP contribution in [0.1, 0.15) is 38.5 Å². The van der Waals surface area contributed by atoms with E-state index in [0.29, 0.717) is 38.2 Å². The van der Waals surface area contributed by atoms with E-state index in [0.717, 1.165) is 32.4 Å². The molecule has 3 aliphatic rings. The number of benzene rings is 1. The number of ether oxygens (including phenoxy) is 2. The molecular weight excluding hydrogens is 479 g/mol. The lowest BCUT2D eigenvalue weighted by Gasteiger charge is -2.36. The first-order chi connectivity index (χ1) is 17.1. The van der Waals surface area contributed by atoms with Gasteiger partial charge in [-0.3, -0.25) is 4.79 Å². The van der Waals surface area contributed by atoms with Crippen LogP contribution in [0.4, 0.5) is 18.9 Å². The van der Waals surface area contributed by atoms with Gasteiger partial charge in [-0.2, -0.15) is 0 Å². The predicted molar refractivity (Wildman–Crippen MR) is 125 cm³/mol. The van der Waals surface area contributed by atoms with Crippen molar-refractivity contribution < 1.29 is 37.3 Å². The molecule has 4 rings (SSSR count). The molecule has 36 heavy (non-hydrogen) atoms. The summed E-state index contributed by atoms with van der Waals surface area (Å²) in [5.41, 5.74) is 0.645. The third-order valence-corrected chi connectivity index (χ3v) is 7.70. The van der Waals surface area contributed by atoms with E-state index in [4.69, 9.17) is 4.74 Å². The Balaban J connectivity index is 1.35. The van der Waals surface area contributed by atoms with Crippen LogP contribution < -0.4 is 9.64 Å². The van der Waals surface area contributed by atoms with Gasteiger partial charge in [-0.1, -0.05) is 6.07 Å². The summed E-state index contributed by atoms with van der Waals surface area (Å²) in [5, 5.41) is 10.4. The zero-order valence-electron chi connectivity index (χ0n) is 20.5. The number of methoxy groups -OCH3 is 1. The van der Waals surface area contributed by atoms with Crippen molar-refractivity contribution in [1.29, 1.82) is 0 Å². The van der Waals surface area contributed by atoms with Crippen molar-refractivity contribution in [1.82, 2.24) is 9.80 Å². The number of rotatable bonds is 8. The SMILES string of the molecule is COC(=O)C(CCCN1CCC2(CC2)C(O)C1)N1CCN(c2cccc(OC(F)(F)F)c2)CCC1=O. The van der Waals surface area contributed by atoms with Crippen LogP contribution in [0.3, 0.4) is 0 Å². The number of hydrogen-bond acceptors (Lipinski definition) is 7. The zero-order chi connectivity index (χ0) is 25.9. The third-order valence-electron chi connectivity index (χ3n) is 7.70. The molecule has 1 aromatic carbocycles. The summed E-state index contributed by atoms with van der Waals surface area (Å²) in [6, 6.07) is 4.93. The van der Waals surface area contributed by atoms with Crippen LogP contribution in [-0.4, -0.2) is 91.7 Å². The van der Waals surface area contributed by atoms with Crippen LogP contribution in [-0.2, 0) is 14.3 Å². The van der Waals surface area contributed by atoms with Gasteiger partial charge in [0, 0.05) is 44.4 Å². The van der Waals surface area contributed by atoms with Crippen LogP contribution in [0.25, 0.3) is 0 Å². The van der Waals surface area contributed by atoms with Gasteiger partial charge in [0.15, 0.2) is 0 Å². The minimum atomic E-state index is -4.79. The normalized spacial score (nSPS) is 23.4. The molecule has 8 nitrogen and oxygen atoms in total. The Bertz CT molecular complexity index is 940. The maximum atomic E-state index is 13.0. The average molecular weight is 514 g/mol. The first-order valence-corrected chi connectivity index (χ1v) is 12.5. The smallest absolute Gasteiger partial charge is 0.467 e. The number of β-amino-alcohol motifs (C(OH)–C–C–N with tert-alkyl or cyclic N) is 1. The molecule has 3 fully saturated rings. The van der Waals surface area contributed by atoms with Crippen LogP contribution in [0.15, 0.2) is 24.3 Å². The molecule has 0 bridgehead atoms. The zero-order valence-corrected chi connectivity index (χ0v) is 20.5. The van der Waals surface area contributed by atoms with Gasteiger partial charge in [0.25, 0.3) is 0 Å². The van der Waals surface area contributed by atoms with Gasteiger partial charge in [0.1, 0.15) is 11.8 Å². The molecule has 11 heteroatoms. The second kappa shape index (κ2) is 10.8. The number of anilines is 1. The van der Waals surface area contributed by atoms with Crippen molar-refractivity contribution in [2.45, 2.75) is 57.0 Å². The van der Waals surface area contributed by atoms with Gasteiger partial charge in [-0.05, 0) is 62.7 Å². The number of amides is 1. The Morgan fingerprint density at radius 2 is 1.97 bits per heavy atom. The quantitative estimate of drug-likeness (QED) is 0.536. The van der Waals surface area contributed by atoms with E-state index >= 15 is 0 Å². The van der Waals surface area contributed by atoms with Gasteiger partial charge in [-0.15, -0.1) is 13.2 Å². The lowest BCUT2D eigenvalue weighted by Crippen LogP contribution is -2.48. The molecule has 2 unspecified atom stereocenters. The minimum Gasteiger partial charge on any atom is -0.467 e. The number of piperidine rings is 1. The molecule has 2 atom stereocenters. The highest BCUT2D eigenvalue weighted by atomic mass is 19.4. The largest absolute Gasteiger partial charge is 0.573 e. The van der Waals surface area contributed by atoms with Gasteiger partial charge in [0.05, 0.1) is 13.2 Å². The average Bonchev–Trinajstić information content (AvgIpc) is 3.63. The molecule has 2 heterocycles. The van der Waals surface area contributed by atoms with Crippen molar-refractivity contribution >= 4 is 17.6 Å². The Hall–Kier alpha value is -2.53.